The number of pyridine rings is 2. The van der Waals surface area contributed by atoms with Crippen LogP contribution in [0.1, 0.15) is 29.1 Å². The maximum atomic E-state index is 6.43. The lowest BCUT2D eigenvalue weighted by Crippen LogP contribution is -2.29. The van der Waals surface area contributed by atoms with E-state index in [9.17, 15) is 0 Å². The summed E-state index contributed by atoms with van der Waals surface area (Å²) in [4.78, 5) is 10.9. The Morgan fingerprint density at radius 2 is 1.91 bits per heavy atom. The van der Waals surface area contributed by atoms with Crippen LogP contribution in [0.2, 0.25) is 10.0 Å². The number of nitrogens with zero attached hydrogens (tertiary/aromatic N) is 3. The highest BCUT2D eigenvalue weighted by molar-refractivity contribution is 7.80. The second-order valence-electron chi connectivity index (χ2n) is 7.42. The van der Waals surface area contributed by atoms with Crippen LogP contribution in [0, 0.1) is 0 Å². The van der Waals surface area contributed by atoms with Gasteiger partial charge in [0.15, 0.2) is 5.11 Å². The van der Waals surface area contributed by atoms with Crippen molar-refractivity contribution in [1.82, 2.24) is 20.2 Å². The van der Waals surface area contributed by atoms with E-state index in [1.54, 1.807) is 18.5 Å². The van der Waals surface area contributed by atoms with Crippen molar-refractivity contribution in [3.63, 3.8) is 0 Å². The van der Waals surface area contributed by atoms with Crippen molar-refractivity contribution in [3.8, 4) is 11.3 Å². The van der Waals surface area contributed by atoms with Gasteiger partial charge in [-0.1, -0.05) is 41.4 Å². The number of hydrogen-bond acceptors (Lipinski definition) is 4. The van der Waals surface area contributed by atoms with Crippen molar-refractivity contribution in [1.29, 1.82) is 0 Å². The van der Waals surface area contributed by atoms with Crippen LogP contribution in [0.3, 0.4) is 0 Å². The van der Waals surface area contributed by atoms with E-state index in [0.717, 1.165) is 22.6 Å². The van der Waals surface area contributed by atoms with E-state index in [1.165, 1.54) is 0 Å². The Balaban J connectivity index is 1.56. The van der Waals surface area contributed by atoms with Gasteiger partial charge in [-0.2, -0.15) is 0 Å². The normalized spacial score (nSPS) is 18.1. The van der Waals surface area contributed by atoms with Gasteiger partial charge in [-0.3, -0.25) is 9.97 Å². The highest BCUT2D eigenvalue weighted by atomic mass is 35.5. The topological polar surface area (TPSA) is 54.2 Å². The molecular formula is C24H18Cl2N4OS. The fourth-order valence-electron chi connectivity index (χ4n) is 3.92. The molecule has 4 aromatic rings. The molecule has 32 heavy (non-hydrogen) atoms. The fraction of sp³-hybridized carbons (Fsp3) is 0.125. The summed E-state index contributed by atoms with van der Waals surface area (Å²) in [6, 6.07) is 18.8. The van der Waals surface area contributed by atoms with Gasteiger partial charge in [-0.25, -0.2) is 0 Å². The molecule has 0 spiro atoms. The zero-order chi connectivity index (χ0) is 22.1. The minimum atomic E-state index is -0.204. The van der Waals surface area contributed by atoms with E-state index in [-0.39, 0.29) is 12.1 Å². The molecule has 5 rings (SSSR count). The van der Waals surface area contributed by atoms with Gasteiger partial charge < -0.3 is 14.6 Å². The minimum Gasteiger partial charge on any atom is -0.459 e. The van der Waals surface area contributed by atoms with Gasteiger partial charge in [0.2, 0.25) is 0 Å². The lowest BCUT2D eigenvalue weighted by molar-refractivity contribution is 0.269. The predicted octanol–water partition coefficient (Wildman–Crippen LogP) is 6.22. The molecule has 160 valence electrons. The molecule has 2 atom stereocenters. The molecule has 1 aliphatic heterocycles. The summed E-state index contributed by atoms with van der Waals surface area (Å²) in [7, 11) is 0. The summed E-state index contributed by atoms with van der Waals surface area (Å²) in [6.45, 7) is 0.585. The maximum absolute atomic E-state index is 6.43. The SMILES string of the molecule is S=C1N[C@H](c2ccccn2)[C@H](c2ccc(-c3cccc(Cl)c3Cl)o2)N1Cc1cccnc1. The first kappa shape index (κ1) is 20.9. The second kappa shape index (κ2) is 8.90. The third kappa shape index (κ3) is 3.97. The van der Waals surface area contributed by atoms with Gasteiger partial charge in [0, 0.05) is 30.7 Å². The molecule has 0 radical (unpaired) electrons. The summed E-state index contributed by atoms with van der Waals surface area (Å²) in [6.07, 6.45) is 5.37. The van der Waals surface area contributed by atoms with Crippen LogP contribution in [-0.2, 0) is 6.54 Å². The Labute approximate surface area is 201 Å². The molecular weight excluding hydrogens is 463 g/mol. The van der Waals surface area contributed by atoms with Crippen molar-refractivity contribution in [2.75, 3.05) is 0 Å². The van der Waals surface area contributed by atoms with Gasteiger partial charge >= 0.3 is 0 Å². The highest BCUT2D eigenvalue weighted by Gasteiger charge is 2.41. The molecule has 0 bridgehead atoms. The van der Waals surface area contributed by atoms with Gasteiger partial charge in [-0.05, 0) is 60.2 Å². The quantitative estimate of drug-likeness (QED) is 0.342. The molecule has 0 saturated carbocycles. The van der Waals surface area contributed by atoms with Crippen LogP contribution >= 0.6 is 35.4 Å². The smallest absolute Gasteiger partial charge is 0.170 e. The zero-order valence-electron chi connectivity index (χ0n) is 16.8. The largest absolute Gasteiger partial charge is 0.459 e. The lowest BCUT2D eigenvalue weighted by atomic mass is 10.0. The van der Waals surface area contributed by atoms with E-state index in [0.29, 0.717) is 27.5 Å². The fourth-order valence-corrected chi connectivity index (χ4v) is 4.62. The Hall–Kier alpha value is -2.93. The van der Waals surface area contributed by atoms with Crippen LogP contribution in [0.4, 0.5) is 0 Å². The van der Waals surface area contributed by atoms with Crippen molar-refractivity contribution < 1.29 is 4.42 Å². The Morgan fingerprint density at radius 3 is 2.69 bits per heavy atom. The van der Waals surface area contributed by atoms with Crippen LogP contribution in [-0.4, -0.2) is 20.0 Å². The molecule has 0 amide bonds. The Kier molecular flexibility index (Phi) is 5.83. The van der Waals surface area contributed by atoms with E-state index < -0.39 is 0 Å². The number of rotatable bonds is 5. The molecule has 3 aromatic heterocycles. The van der Waals surface area contributed by atoms with Gasteiger partial charge in [0.05, 0.1) is 21.8 Å². The molecule has 1 aromatic carbocycles. The van der Waals surface area contributed by atoms with Gasteiger partial charge in [-0.15, -0.1) is 0 Å². The molecule has 1 fully saturated rings. The molecule has 1 aliphatic rings. The first-order chi connectivity index (χ1) is 15.6. The zero-order valence-corrected chi connectivity index (χ0v) is 19.1. The number of aromatic nitrogens is 2. The minimum absolute atomic E-state index is 0.172. The van der Waals surface area contributed by atoms with Crippen molar-refractivity contribution in [2.45, 2.75) is 18.6 Å². The molecule has 1 saturated heterocycles. The van der Waals surface area contributed by atoms with Crippen molar-refractivity contribution >= 4 is 40.5 Å². The average Bonchev–Trinajstić information content (AvgIpc) is 3.42. The maximum Gasteiger partial charge on any atom is 0.170 e. The highest BCUT2D eigenvalue weighted by Crippen LogP contribution is 2.42. The Morgan fingerprint density at radius 1 is 1.00 bits per heavy atom. The lowest BCUT2D eigenvalue weighted by Gasteiger charge is -2.26. The van der Waals surface area contributed by atoms with E-state index >= 15 is 0 Å². The number of nitrogens with one attached hydrogen (secondary N) is 1. The molecule has 1 N–H and O–H groups in total. The van der Waals surface area contributed by atoms with Crippen molar-refractivity contribution in [2.24, 2.45) is 0 Å². The van der Waals surface area contributed by atoms with Crippen LogP contribution in [0.5, 0.6) is 0 Å². The molecule has 8 heteroatoms. The summed E-state index contributed by atoms with van der Waals surface area (Å²) >= 11 is 18.4. The van der Waals surface area contributed by atoms with Crippen LogP contribution in [0.15, 0.2) is 83.7 Å². The second-order valence-corrected chi connectivity index (χ2v) is 8.59. The summed E-state index contributed by atoms with van der Waals surface area (Å²) in [5.41, 5.74) is 2.67. The number of furan rings is 1. The van der Waals surface area contributed by atoms with Crippen LogP contribution < -0.4 is 5.32 Å². The number of thiocarbonyl (C=S) groups is 1. The standard InChI is InChI=1S/C24H18Cl2N4OS/c25-17-7-3-6-16(21(17)26)19-9-10-20(31-19)23-22(18-8-1-2-12-28-18)29-24(32)30(23)14-15-5-4-11-27-13-15/h1-13,22-23H,14H2,(H,29,32)/t22-,23+/m1/s1. The van der Waals surface area contributed by atoms with E-state index in [1.807, 2.05) is 60.8 Å². The monoisotopic (exact) mass is 480 g/mol. The van der Waals surface area contributed by atoms with Crippen LogP contribution in [0.25, 0.3) is 11.3 Å². The van der Waals surface area contributed by atoms with Gasteiger partial charge in [0.25, 0.3) is 0 Å². The van der Waals surface area contributed by atoms with Gasteiger partial charge in [0.1, 0.15) is 17.6 Å². The summed E-state index contributed by atoms with van der Waals surface area (Å²) in [5, 5.41) is 5.00. The third-order valence-corrected chi connectivity index (χ3v) is 6.58. The average molecular weight is 481 g/mol. The molecule has 0 unspecified atom stereocenters. The molecule has 4 heterocycles. The molecule has 5 nitrogen and oxygen atoms in total. The Bertz CT molecular complexity index is 1250. The van der Waals surface area contributed by atoms with E-state index in [4.69, 9.17) is 39.8 Å². The summed E-state index contributed by atoms with van der Waals surface area (Å²) in [5.74, 6) is 1.40. The summed E-state index contributed by atoms with van der Waals surface area (Å²) < 4.78 is 6.33. The first-order valence-corrected chi connectivity index (χ1v) is 11.2. The predicted molar refractivity (Wildman–Crippen MR) is 129 cm³/mol. The third-order valence-electron chi connectivity index (χ3n) is 5.41. The number of hydrogen-bond donors (Lipinski definition) is 1. The number of benzene rings is 1. The van der Waals surface area contributed by atoms with Crippen molar-refractivity contribution in [3.05, 3.63) is 106 Å². The number of halogens is 2. The van der Waals surface area contributed by atoms with E-state index in [2.05, 4.69) is 20.2 Å². The molecule has 0 aliphatic carbocycles. The first-order valence-electron chi connectivity index (χ1n) is 10.0.